The van der Waals surface area contributed by atoms with Gasteiger partial charge in [0.2, 0.25) is 5.91 Å². The van der Waals surface area contributed by atoms with Gasteiger partial charge in [0.15, 0.2) is 5.69 Å². The normalized spacial score (nSPS) is 14.6. The Kier molecular flexibility index (Phi) is 7.23. The largest absolute Gasteiger partial charge is 0.395 e. The summed E-state index contributed by atoms with van der Waals surface area (Å²) in [4.78, 5) is 40.8. The number of halogens is 1. The fraction of sp³-hybridized carbons (Fsp3) is 0.304. The summed E-state index contributed by atoms with van der Waals surface area (Å²) < 4.78 is 18.5. The third kappa shape index (κ3) is 4.95. The highest BCUT2D eigenvalue weighted by Crippen LogP contribution is 2.33. The smallest absolute Gasteiger partial charge is 0.270 e. The number of aromatic nitrogens is 1. The number of primary amides is 1. The molecular weight excluding hydrogens is 477 g/mol. The molecule has 2 aromatic heterocycles. The van der Waals surface area contributed by atoms with Crippen molar-refractivity contribution < 1.29 is 18.8 Å². The van der Waals surface area contributed by atoms with Crippen LogP contribution in [0.3, 0.4) is 0 Å². The minimum atomic E-state index is -1.02. The maximum Gasteiger partial charge on any atom is 0.270 e. The number of amides is 3. The van der Waals surface area contributed by atoms with Crippen LogP contribution in [0, 0.1) is 5.82 Å². The van der Waals surface area contributed by atoms with Crippen LogP contribution in [0.1, 0.15) is 62.3 Å². The summed E-state index contributed by atoms with van der Waals surface area (Å²) in [6.07, 6.45) is 3.79. The number of hydrogen-bond acceptors (Lipinski definition) is 7. The van der Waals surface area contributed by atoms with E-state index in [4.69, 9.17) is 11.5 Å². The Hall–Kier alpha value is -3.31. The third-order valence-corrected chi connectivity index (χ3v) is 7.56. The lowest BCUT2D eigenvalue weighted by molar-refractivity contribution is -0.126. The maximum atomic E-state index is 14.6. The van der Waals surface area contributed by atoms with E-state index in [9.17, 15) is 18.8 Å². The van der Waals surface area contributed by atoms with Crippen molar-refractivity contribution in [1.82, 2.24) is 14.6 Å². The highest BCUT2D eigenvalue weighted by atomic mass is 32.1. The monoisotopic (exact) mass is 501 g/mol. The number of nitrogens with two attached hydrogens (primary N) is 2. The van der Waals surface area contributed by atoms with E-state index in [-0.39, 0.29) is 40.3 Å². The van der Waals surface area contributed by atoms with Crippen LogP contribution >= 0.6 is 22.9 Å². The van der Waals surface area contributed by atoms with Gasteiger partial charge in [-0.1, -0.05) is 37.1 Å². The highest BCUT2D eigenvalue weighted by molar-refractivity contribution is 7.10. The topological polar surface area (TPSA) is 131 Å². The van der Waals surface area contributed by atoms with Crippen LogP contribution in [0.2, 0.25) is 0 Å². The van der Waals surface area contributed by atoms with Crippen molar-refractivity contribution in [3.8, 4) is 0 Å². The molecular formula is C23H24FN5O3S2. The zero-order valence-electron chi connectivity index (χ0n) is 18.2. The number of rotatable bonds is 8. The molecule has 3 amide bonds. The standard InChI is InChI=1S/C23H24FN5O3S2/c24-15-9-4-1-6-13(15)12-29(23(32)20-17(25)18(21(26)30)28-34-20)19(16-10-5-11-33-16)22(31)27-14-7-2-3-8-14/h1,4-6,9-11,14,19H,2-3,7-8,12,25H2,(H2,26,30)(H,27,31). The lowest BCUT2D eigenvalue weighted by atomic mass is 10.1. The van der Waals surface area contributed by atoms with Gasteiger partial charge < -0.3 is 21.7 Å². The van der Waals surface area contributed by atoms with Crippen molar-refractivity contribution in [3.05, 3.63) is 68.6 Å². The molecule has 1 aromatic carbocycles. The number of benzene rings is 1. The molecule has 1 fully saturated rings. The second kappa shape index (κ2) is 10.3. The average Bonchev–Trinajstić information content (AvgIpc) is 3.57. The Bertz CT molecular complexity index is 1190. The summed E-state index contributed by atoms with van der Waals surface area (Å²) in [6.45, 7) is -0.185. The molecule has 3 aromatic rings. The van der Waals surface area contributed by atoms with Crippen LogP contribution in [0.15, 0.2) is 41.8 Å². The van der Waals surface area contributed by atoms with Crippen LogP contribution in [0.5, 0.6) is 0 Å². The first-order chi connectivity index (χ1) is 16.4. The van der Waals surface area contributed by atoms with Gasteiger partial charge in [-0.3, -0.25) is 14.4 Å². The minimum absolute atomic E-state index is 0.0234. The van der Waals surface area contributed by atoms with E-state index in [1.807, 2.05) is 5.38 Å². The molecule has 8 nitrogen and oxygen atoms in total. The Morgan fingerprint density at radius 2 is 1.91 bits per heavy atom. The van der Waals surface area contributed by atoms with Crippen molar-refractivity contribution in [2.75, 3.05) is 5.73 Å². The number of nitrogen functional groups attached to an aromatic ring is 1. The van der Waals surface area contributed by atoms with Crippen LogP contribution in [0.4, 0.5) is 10.1 Å². The number of thiophene rings is 1. The molecule has 1 atom stereocenters. The zero-order chi connectivity index (χ0) is 24.2. The molecule has 178 valence electrons. The molecule has 34 heavy (non-hydrogen) atoms. The number of nitrogens with one attached hydrogen (secondary N) is 1. The lowest BCUT2D eigenvalue weighted by Gasteiger charge is -2.31. The van der Waals surface area contributed by atoms with Crippen molar-refractivity contribution in [3.63, 3.8) is 0 Å². The summed E-state index contributed by atoms with van der Waals surface area (Å²) in [5, 5.41) is 4.86. The van der Waals surface area contributed by atoms with E-state index < -0.39 is 23.7 Å². The summed E-state index contributed by atoms with van der Waals surface area (Å²) in [5.41, 5.74) is 11.2. The van der Waals surface area contributed by atoms with Gasteiger partial charge in [-0.25, -0.2) is 4.39 Å². The molecule has 0 saturated heterocycles. The number of carbonyl (C=O) groups excluding carboxylic acids is 3. The average molecular weight is 502 g/mol. The number of hydrogen-bond donors (Lipinski definition) is 3. The van der Waals surface area contributed by atoms with E-state index in [0.29, 0.717) is 4.88 Å². The Labute approximate surface area is 203 Å². The Morgan fingerprint density at radius 1 is 1.18 bits per heavy atom. The van der Waals surface area contributed by atoms with E-state index in [1.165, 1.54) is 22.3 Å². The third-order valence-electron chi connectivity index (χ3n) is 5.79. The van der Waals surface area contributed by atoms with Gasteiger partial charge in [-0.15, -0.1) is 11.3 Å². The predicted molar refractivity (Wildman–Crippen MR) is 129 cm³/mol. The van der Waals surface area contributed by atoms with E-state index >= 15 is 0 Å². The summed E-state index contributed by atoms with van der Waals surface area (Å²) in [5.74, 6) is -2.35. The summed E-state index contributed by atoms with van der Waals surface area (Å²) in [6, 6.07) is 8.61. The van der Waals surface area contributed by atoms with Crippen LogP contribution in [-0.4, -0.2) is 33.0 Å². The molecule has 1 aliphatic rings. The Morgan fingerprint density at radius 3 is 2.53 bits per heavy atom. The SMILES string of the molecule is NC(=O)c1nsc(C(=O)N(Cc2ccccc2F)C(C(=O)NC2CCCC2)c2cccs2)c1N. The minimum Gasteiger partial charge on any atom is -0.395 e. The molecule has 1 aliphatic carbocycles. The number of anilines is 1. The number of carbonyl (C=O) groups is 3. The second-order valence-electron chi connectivity index (χ2n) is 8.07. The molecule has 0 spiro atoms. The second-order valence-corrected chi connectivity index (χ2v) is 9.82. The first kappa shape index (κ1) is 23.8. The first-order valence-electron chi connectivity index (χ1n) is 10.8. The van der Waals surface area contributed by atoms with Crippen molar-refractivity contribution in [2.24, 2.45) is 5.73 Å². The van der Waals surface area contributed by atoms with Crippen LogP contribution < -0.4 is 16.8 Å². The molecule has 0 radical (unpaired) electrons. The van der Waals surface area contributed by atoms with Crippen LogP contribution in [-0.2, 0) is 11.3 Å². The van der Waals surface area contributed by atoms with Crippen molar-refractivity contribution in [2.45, 2.75) is 44.3 Å². The van der Waals surface area contributed by atoms with Gasteiger partial charge in [-0.05, 0) is 41.9 Å². The first-order valence-corrected chi connectivity index (χ1v) is 12.4. The van der Waals surface area contributed by atoms with Crippen molar-refractivity contribution in [1.29, 1.82) is 0 Å². The van der Waals surface area contributed by atoms with Gasteiger partial charge in [0, 0.05) is 16.5 Å². The lowest BCUT2D eigenvalue weighted by Crippen LogP contribution is -2.45. The molecule has 11 heteroatoms. The fourth-order valence-corrected chi connectivity index (χ4v) is 5.67. The zero-order valence-corrected chi connectivity index (χ0v) is 19.8. The van der Waals surface area contributed by atoms with E-state index in [1.54, 1.807) is 30.3 Å². The summed E-state index contributed by atoms with van der Waals surface area (Å²) >= 11 is 2.05. The fourth-order valence-electron chi connectivity index (χ4n) is 4.07. The predicted octanol–water partition coefficient (Wildman–Crippen LogP) is 3.47. The van der Waals surface area contributed by atoms with E-state index in [2.05, 4.69) is 9.69 Å². The molecule has 2 heterocycles. The molecule has 1 saturated carbocycles. The molecule has 0 bridgehead atoms. The van der Waals surface area contributed by atoms with Gasteiger partial charge in [0.05, 0.1) is 12.2 Å². The molecule has 1 unspecified atom stereocenters. The van der Waals surface area contributed by atoms with Crippen molar-refractivity contribution >= 4 is 46.3 Å². The van der Waals surface area contributed by atoms with Gasteiger partial charge in [-0.2, -0.15) is 4.37 Å². The van der Waals surface area contributed by atoms with Gasteiger partial charge >= 0.3 is 0 Å². The van der Waals surface area contributed by atoms with Gasteiger partial charge in [0.25, 0.3) is 11.8 Å². The quantitative estimate of drug-likeness (QED) is 0.435. The highest BCUT2D eigenvalue weighted by Gasteiger charge is 2.36. The molecule has 0 aliphatic heterocycles. The molecule has 5 N–H and O–H groups in total. The maximum absolute atomic E-state index is 14.6. The van der Waals surface area contributed by atoms with Crippen LogP contribution in [0.25, 0.3) is 0 Å². The molecule has 4 rings (SSSR count). The number of nitrogens with zero attached hydrogens (tertiary/aromatic N) is 2. The van der Waals surface area contributed by atoms with Gasteiger partial charge in [0.1, 0.15) is 16.7 Å². The summed E-state index contributed by atoms with van der Waals surface area (Å²) in [7, 11) is 0. The Balaban J connectivity index is 1.77. The van der Waals surface area contributed by atoms with E-state index in [0.717, 1.165) is 37.2 Å².